The normalized spacial score (nSPS) is 15.0. The van der Waals surface area contributed by atoms with Crippen molar-refractivity contribution in [2.24, 2.45) is 0 Å². The molecule has 2 N–H and O–H groups in total. The average Bonchev–Trinajstić information content (AvgIpc) is 3.15. The summed E-state index contributed by atoms with van der Waals surface area (Å²) in [5.41, 5.74) is 4.94. The molecule has 122 valence electrons. The van der Waals surface area contributed by atoms with Crippen LogP contribution in [-0.4, -0.2) is 21.9 Å². The SMILES string of the molecule is COc1ccccc1-c1c(CO)n(CO)c2c1=CC1=CC=CCC=21. The van der Waals surface area contributed by atoms with Crippen molar-refractivity contribution in [1.29, 1.82) is 0 Å². The fraction of sp³-hybridized carbons (Fsp3) is 0.200. The molecular formula is C20H19NO3. The Balaban J connectivity index is 2.14. The molecular weight excluding hydrogens is 302 g/mol. The highest BCUT2D eigenvalue weighted by Crippen LogP contribution is 2.32. The molecule has 2 aliphatic rings. The summed E-state index contributed by atoms with van der Waals surface area (Å²) in [6.45, 7) is -0.307. The second-order valence-electron chi connectivity index (χ2n) is 5.89. The summed E-state index contributed by atoms with van der Waals surface area (Å²) in [4.78, 5) is 0. The van der Waals surface area contributed by atoms with Gasteiger partial charge in [-0.1, -0.05) is 36.4 Å². The van der Waals surface area contributed by atoms with Crippen LogP contribution in [0.1, 0.15) is 12.1 Å². The minimum absolute atomic E-state index is 0.142. The first-order valence-corrected chi connectivity index (χ1v) is 7.98. The molecule has 0 atom stereocenters. The van der Waals surface area contributed by atoms with Gasteiger partial charge in [-0.25, -0.2) is 0 Å². The van der Waals surface area contributed by atoms with E-state index < -0.39 is 0 Å². The highest BCUT2D eigenvalue weighted by Gasteiger charge is 2.24. The minimum atomic E-state index is -0.165. The number of methoxy groups -OCH3 is 1. The van der Waals surface area contributed by atoms with Crippen LogP contribution >= 0.6 is 0 Å². The zero-order valence-corrected chi connectivity index (χ0v) is 13.5. The van der Waals surface area contributed by atoms with Crippen molar-refractivity contribution in [1.82, 2.24) is 4.57 Å². The topological polar surface area (TPSA) is 54.6 Å². The van der Waals surface area contributed by atoms with Gasteiger partial charge in [-0.2, -0.15) is 0 Å². The smallest absolute Gasteiger partial charge is 0.126 e. The Bertz CT molecular complexity index is 993. The molecule has 2 aliphatic carbocycles. The lowest BCUT2D eigenvalue weighted by Crippen LogP contribution is -2.29. The molecule has 0 saturated carbocycles. The van der Waals surface area contributed by atoms with Gasteiger partial charge in [-0.05, 0) is 29.7 Å². The van der Waals surface area contributed by atoms with Crippen LogP contribution in [0.2, 0.25) is 0 Å². The maximum absolute atomic E-state index is 9.98. The number of hydrogen-bond donors (Lipinski definition) is 2. The van der Waals surface area contributed by atoms with E-state index in [0.717, 1.165) is 33.9 Å². The Hall–Kier alpha value is -2.56. The van der Waals surface area contributed by atoms with E-state index >= 15 is 0 Å². The molecule has 4 rings (SSSR count). The van der Waals surface area contributed by atoms with Crippen molar-refractivity contribution in [3.05, 3.63) is 64.3 Å². The lowest BCUT2D eigenvalue weighted by atomic mass is 10.0. The van der Waals surface area contributed by atoms with Crippen LogP contribution in [0, 0.1) is 0 Å². The van der Waals surface area contributed by atoms with E-state index in [1.165, 1.54) is 11.1 Å². The van der Waals surface area contributed by atoms with Crippen molar-refractivity contribution in [3.8, 4) is 16.9 Å². The molecule has 0 unspecified atom stereocenters. The summed E-state index contributed by atoms with van der Waals surface area (Å²) in [5.74, 6) is 0.755. The molecule has 4 heteroatoms. The summed E-state index contributed by atoms with van der Waals surface area (Å²) < 4.78 is 7.33. The molecule has 4 nitrogen and oxygen atoms in total. The van der Waals surface area contributed by atoms with Crippen molar-refractivity contribution in [3.63, 3.8) is 0 Å². The van der Waals surface area contributed by atoms with Crippen molar-refractivity contribution < 1.29 is 14.9 Å². The predicted molar refractivity (Wildman–Crippen MR) is 93.5 cm³/mol. The molecule has 1 aromatic heterocycles. The van der Waals surface area contributed by atoms with Gasteiger partial charge in [0.25, 0.3) is 0 Å². The van der Waals surface area contributed by atoms with Crippen LogP contribution in [0.25, 0.3) is 22.8 Å². The van der Waals surface area contributed by atoms with Gasteiger partial charge in [0.15, 0.2) is 0 Å². The number of allylic oxidation sites excluding steroid dienone is 4. The van der Waals surface area contributed by atoms with Gasteiger partial charge in [0.05, 0.1) is 24.8 Å². The van der Waals surface area contributed by atoms with Crippen LogP contribution in [0.3, 0.4) is 0 Å². The number of aromatic nitrogens is 1. The molecule has 0 spiro atoms. The van der Waals surface area contributed by atoms with Crippen LogP contribution in [-0.2, 0) is 13.3 Å². The number of hydrogen-bond acceptors (Lipinski definition) is 3. The Labute approximate surface area is 139 Å². The number of rotatable bonds is 4. The van der Waals surface area contributed by atoms with E-state index in [-0.39, 0.29) is 13.3 Å². The zero-order chi connectivity index (χ0) is 16.7. The fourth-order valence-electron chi connectivity index (χ4n) is 3.73. The largest absolute Gasteiger partial charge is 0.496 e. The zero-order valence-electron chi connectivity index (χ0n) is 13.5. The number of nitrogens with zero attached hydrogens (tertiary/aromatic N) is 1. The number of aliphatic hydroxyl groups excluding tert-OH is 2. The monoisotopic (exact) mass is 321 g/mol. The van der Waals surface area contributed by atoms with Gasteiger partial charge in [0, 0.05) is 16.3 Å². The third-order valence-corrected chi connectivity index (χ3v) is 4.74. The highest BCUT2D eigenvalue weighted by atomic mass is 16.5. The van der Waals surface area contributed by atoms with E-state index in [9.17, 15) is 10.2 Å². The highest BCUT2D eigenvalue weighted by molar-refractivity contribution is 5.88. The standard InChI is InChI=1S/C20H19NO3/c1-24-18-9-5-4-8-15(18)19-16-10-13-6-2-3-7-14(13)20(16)21(12-23)17(19)11-22/h2-6,8-10,22-23H,7,11-12H2,1H3. The van der Waals surface area contributed by atoms with E-state index in [4.69, 9.17) is 4.74 Å². The van der Waals surface area contributed by atoms with Crippen LogP contribution in [0.5, 0.6) is 5.75 Å². The van der Waals surface area contributed by atoms with E-state index in [1.54, 1.807) is 7.11 Å². The van der Waals surface area contributed by atoms with Crippen molar-refractivity contribution in [2.45, 2.75) is 19.8 Å². The van der Waals surface area contributed by atoms with Crippen molar-refractivity contribution >= 4 is 11.6 Å². The summed E-state index contributed by atoms with van der Waals surface area (Å²) >= 11 is 0. The lowest BCUT2D eigenvalue weighted by molar-refractivity contribution is 0.190. The summed E-state index contributed by atoms with van der Waals surface area (Å²) in [6, 6.07) is 7.78. The molecule has 2 aromatic rings. The molecule has 0 aliphatic heterocycles. The van der Waals surface area contributed by atoms with Gasteiger partial charge in [0.1, 0.15) is 12.5 Å². The third kappa shape index (κ3) is 2.00. The van der Waals surface area contributed by atoms with Crippen LogP contribution in [0.15, 0.2) is 48.1 Å². The van der Waals surface area contributed by atoms with Crippen LogP contribution < -0.4 is 15.3 Å². The van der Waals surface area contributed by atoms with E-state index in [2.05, 4.69) is 24.3 Å². The molecule has 1 aromatic carbocycles. The number of aliphatic hydroxyl groups is 2. The first-order chi connectivity index (χ1) is 11.8. The molecule has 0 radical (unpaired) electrons. The maximum Gasteiger partial charge on any atom is 0.126 e. The van der Waals surface area contributed by atoms with Gasteiger partial charge in [-0.15, -0.1) is 0 Å². The summed E-state index contributed by atoms with van der Waals surface area (Å²) in [5, 5.41) is 22.0. The third-order valence-electron chi connectivity index (χ3n) is 4.74. The minimum Gasteiger partial charge on any atom is -0.496 e. The second-order valence-corrected chi connectivity index (χ2v) is 5.89. The Morgan fingerprint density at radius 1 is 1.21 bits per heavy atom. The molecule has 0 amide bonds. The maximum atomic E-state index is 9.98. The van der Waals surface area contributed by atoms with E-state index in [0.29, 0.717) is 5.69 Å². The van der Waals surface area contributed by atoms with Crippen molar-refractivity contribution in [2.75, 3.05) is 7.11 Å². The predicted octanol–water partition coefficient (Wildman–Crippen LogP) is 1.44. The number of ether oxygens (including phenoxy) is 1. The second kappa shape index (κ2) is 5.82. The lowest BCUT2D eigenvalue weighted by Gasteiger charge is -2.12. The van der Waals surface area contributed by atoms with Gasteiger partial charge in [-0.3, -0.25) is 0 Å². The number of benzene rings is 1. The molecule has 0 fully saturated rings. The number of para-hydroxylation sites is 1. The molecule has 1 heterocycles. The fourth-order valence-corrected chi connectivity index (χ4v) is 3.73. The molecule has 0 bridgehead atoms. The van der Waals surface area contributed by atoms with Crippen LogP contribution in [0.4, 0.5) is 0 Å². The van der Waals surface area contributed by atoms with Gasteiger partial charge in [0.2, 0.25) is 0 Å². The van der Waals surface area contributed by atoms with Gasteiger partial charge < -0.3 is 19.5 Å². The summed E-state index contributed by atoms with van der Waals surface area (Å²) in [6.07, 6.45) is 9.22. The first-order valence-electron chi connectivity index (χ1n) is 7.98. The van der Waals surface area contributed by atoms with Gasteiger partial charge >= 0.3 is 0 Å². The summed E-state index contributed by atoms with van der Waals surface area (Å²) in [7, 11) is 1.64. The Morgan fingerprint density at radius 3 is 2.79 bits per heavy atom. The first kappa shape index (κ1) is 15.0. The Kier molecular flexibility index (Phi) is 3.63. The number of fused-ring (bicyclic) bond motifs is 2. The quantitative estimate of drug-likeness (QED) is 0.896. The average molecular weight is 321 g/mol. The molecule has 0 saturated heterocycles. The Morgan fingerprint density at radius 2 is 2.04 bits per heavy atom. The molecule has 24 heavy (non-hydrogen) atoms. The van der Waals surface area contributed by atoms with E-state index in [1.807, 2.05) is 28.8 Å².